The molecule has 4 rings (SSSR count). The predicted molar refractivity (Wildman–Crippen MR) is 123 cm³/mol. The van der Waals surface area contributed by atoms with Crippen molar-refractivity contribution in [2.24, 2.45) is 16.6 Å². The van der Waals surface area contributed by atoms with Crippen LogP contribution in [0, 0.1) is 5.92 Å². The number of fused-ring (bicyclic) bond motifs is 1. The number of anilines is 1. The molecule has 2 N–H and O–H groups in total. The first-order valence-corrected chi connectivity index (χ1v) is 10.5. The Balaban J connectivity index is 1.55. The van der Waals surface area contributed by atoms with E-state index in [9.17, 15) is 0 Å². The van der Waals surface area contributed by atoms with Gasteiger partial charge in [-0.1, -0.05) is 54.2 Å². The Kier molecular flexibility index (Phi) is 5.80. The summed E-state index contributed by atoms with van der Waals surface area (Å²) >= 11 is 0. The van der Waals surface area contributed by atoms with Crippen LogP contribution in [0.15, 0.2) is 95.4 Å². The van der Waals surface area contributed by atoms with Gasteiger partial charge in [0.2, 0.25) is 0 Å². The summed E-state index contributed by atoms with van der Waals surface area (Å²) in [5, 5.41) is 0. The molecule has 0 bridgehead atoms. The number of unbranched alkanes of at least 4 members (excludes halogenated alkanes) is 1. The summed E-state index contributed by atoms with van der Waals surface area (Å²) in [5.74, 6) is 1.58. The molecule has 0 saturated heterocycles. The maximum atomic E-state index is 5.60. The number of nitrogens with zero attached hydrogens (tertiary/aromatic N) is 2. The normalized spacial score (nSPS) is 24.3. The Hall–Kier alpha value is -2.87. The smallest absolute Gasteiger partial charge is 0.133 e. The van der Waals surface area contributed by atoms with Gasteiger partial charge in [-0.2, -0.15) is 0 Å². The molecule has 3 nitrogen and oxygen atoms in total. The molecule has 0 radical (unpaired) electrons. The Morgan fingerprint density at radius 3 is 2.90 bits per heavy atom. The van der Waals surface area contributed by atoms with Crippen LogP contribution in [-0.2, 0) is 5.41 Å². The maximum Gasteiger partial charge on any atom is 0.133 e. The summed E-state index contributed by atoms with van der Waals surface area (Å²) in [6.45, 7) is 3.69. The highest BCUT2D eigenvalue weighted by molar-refractivity contribution is 6.06. The Labute approximate surface area is 174 Å². The van der Waals surface area contributed by atoms with Crippen molar-refractivity contribution in [1.82, 2.24) is 0 Å². The Bertz CT molecular complexity index is 952. The fourth-order valence-electron chi connectivity index (χ4n) is 4.14. The average Bonchev–Trinajstić information content (AvgIpc) is 3.51. The van der Waals surface area contributed by atoms with Crippen molar-refractivity contribution in [1.29, 1.82) is 0 Å². The lowest BCUT2D eigenvalue weighted by molar-refractivity contribution is 0.810. The lowest BCUT2D eigenvalue weighted by atomic mass is 9.89. The zero-order chi connectivity index (χ0) is 20.1. The zero-order valence-electron chi connectivity index (χ0n) is 17.1. The van der Waals surface area contributed by atoms with Gasteiger partial charge in [-0.15, -0.1) is 5.73 Å². The number of benzene rings is 1. The first-order valence-electron chi connectivity index (χ1n) is 10.5. The second-order valence-electron chi connectivity index (χ2n) is 7.96. The van der Waals surface area contributed by atoms with E-state index in [4.69, 9.17) is 5.73 Å². The molecular formula is C26H29N3. The van der Waals surface area contributed by atoms with E-state index >= 15 is 0 Å². The zero-order valence-corrected chi connectivity index (χ0v) is 17.1. The molecule has 2 aliphatic carbocycles. The molecule has 148 valence electrons. The van der Waals surface area contributed by atoms with Crippen LogP contribution in [0.1, 0.15) is 31.7 Å². The summed E-state index contributed by atoms with van der Waals surface area (Å²) < 4.78 is 0. The van der Waals surface area contributed by atoms with E-state index in [0.29, 0.717) is 5.92 Å². The molecule has 0 spiro atoms. The van der Waals surface area contributed by atoms with Gasteiger partial charge in [0.15, 0.2) is 0 Å². The first-order chi connectivity index (χ1) is 14.2. The molecule has 1 aliphatic heterocycles. The SMILES string of the molecule is CC1=CC2CC2(c2ccc(N(CC=CCCCN)C3=NC=C=CC=C3)cc2)C=C1. The van der Waals surface area contributed by atoms with Crippen LogP contribution in [0.5, 0.6) is 0 Å². The molecular weight excluding hydrogens is 354 g/mol. The van der Waals surface area contributed by atoms with Gasteiger partial charge in [-0.25, -0.2) is 4.99 Å². The minimum absolute atomic E-state index is 0.220. The summed E-state index contributed by atoms with van der Waals surface area (Å²) in [6.07, 6.45) is 22.4. The van der Waals surface area contributed by atoms with Gasteiger partial charge >= 0.3 is 0 Å². The number of amidine groups is 1. The second kappa shape index (κ2) is 8.65. The molecule has 3 heteroatoms. The van der Waals surface area contributed by atoms with E-state index < -0.39 is 0 Å². The molecule has 0 amide bonds. The number of allylic oxidation sites excluding steroid dienone is 7. The number of hydrogen-bond acceptors (Lipinski definition) is 3. The molecule has 0 aromatic heterocycles. The van der Waals surface area contributed by atoms with Crippen molar-refractivity contribution >= 4 is 11.5 Å². The van der Waals surface area contributed by atoms with E-state index in [1.165, 1.54) is 17.6 Å². The Morgan fingerprint density at radius 2 is 2.10 bits per heavy atom. The van der Waals surface area contributed by atoms with Crippen molar-refractivity contribution in [3.8, 4) is 0 Å². The van der Waals surface area contributed by atoms with Gasteiger partial charge in [0, 0.05) is 17.6 Å². The Morgan fingerprint density at radius 1 is 1.24 bits per heavy atom. The highest BCUT2D eigenvalue weighted by Gasteiger charge is 2.52. The monoisotopic (exact) mass is 383 g/mol. The van der Waals surface area contributed by atoms with Crippen LogP contribution >= 0.6 is 0 Å². The third kappa shape index (κ3) is 4.27. The fourth-order valence-corrected chi connectivity index (χ4v) is 4.14. The highest BCUT2D eigenvalue weighted by Crippen LogP contribution is 2.58. The van der Waals surface area contributed by atoms with Crippen molar-refractivity contribution in [3.05, 3.63) is 95.9 Å². The molecule has 1 fully saturated rings. The first kappa shape index (κ1) is 19.4. The molecule has 2 atom stereocenters. The maximum absolute atomic E-state index is 5.60. The summed E-state index contributed by atoms with van der Waals surface area (Å²) in [7, 11) is 0. The third-order valence-corrected chi connectivity index (χ3v) is 5.90. The van der Waals surface area contributed by atoms with Crippen molar-refractivity contribution in [2.75, 3.05) is 18.0 Å². The minimum Gasteiger partial charge on any atom is -0.330 e. The molecule has 1 aromatic carbocycles. The topological polar surface area (TPSA) is 41.6 Å². The third-order valence-electron chi connectivity index (χ3n) is 5.90. The van der Waals surface area contributed by atoms with Gasteiger partial charge < -0.3 is 10.6 Å². The summed E-state index contributed by atoms with van der Waals surface area (Å²) in [5.41, 5.74) is 12.8. The molecule has 1 saturated carbocycles. The quantitative estimate of drug-likeness (QED) is 0.399. The lowest BCUT2D eigenvalue weighted by Crippen LogP contribution is -2.29. The molecule has 3 aliphatic rings. The van der Waals surface area contributed by atoms with Gasteiger partial charge in [0.05, 0.1) is 6.20 Å². The second-order valence-corrected chi connectivity index (χ2v) is 7.96. The molecule has 1 aromatic rings. The highest BCUT2D eigenvalue weighted by atomic mass is 15.2. The van der Waals surface area contributed by atoms with Crippen LogP contribution in [-0.4, -0.2) is 18.9 Å². The van der Waals surface area contributed by atoms with Gasteiger partial charge in [-0.05, 0) is 68.5 Å². The molecule has 1 heterocycles. The van der Waals surface area contributed by atoms with E-state index in [1.807, 2.05) is 18.2 Å². The van der Waals surface area contributed by atoms with Gasteiger partial charge in [0.25, 0.3) is 0 Å². The van der Waals surface area contributed by atoms with Crippen LogP contribution in [0.3, 0.4) is 0 Å². The molecule has 29 heavy (non-hydrogen) atoms. The molecule has 2 unspecified atom stereocenters. The number of nitrogens with two attached hydrogens (primary N) is 1. The van der Waals surface area contributed by atoms with Gasteiger partial charge in [0.1, 0.15) is 5.84 Å². The van der Waals surface area contributed by atoms with Crippen LogP contribution < -0.4 is 10.6 Å². The predicted octanol–water partition coefficient (Wildman–Crippen LogP) is 5.20. The average molecular weight is 384 g/mol. The number of aliphatic imine (C=N–C) groups is 1. The van der Waals surface area contributed by atoms with Crippen LogP contribution in [0.4, 0.5) is 5.69 Å². The van der Waals surface area contributed by atoms with E-state index in [1.54, 1.807) is 6.20 Å². The van der Waals surface area contributed by atoms with Crippen molar-refractivity contribution in [2.45, 2.75) is 31.6 Å². The lowest BCUT2D eigenvalue weighted by Gasteiger charge is -2.24. The largest absolute Gasteiger partial charge is 0.330 e. The number of rotatable bonds is 7. The summed E-state index contributed by atoms with van der Waals surface area (Å²) in [4.78, 5) is 6.81. The van der Waals surface area contributed by atoms with Crippen molar-refractivity contribution in [3.63, 3.8) is 0 Å². The standard InChI is InChI=1S/C26H29N3/c1-21-14-15-26(20-23(26)19-21)22-10-12-24(13-11-22)29(18-8-3-2-6-16-27)25-9-5-4-7-17-28-25/h3-5,8-15,17,19,23H,2,6,16,18,20,27H2,1H3. The van der Waals surface area contributed by atoms with Gasteiger partial charge in [-0.3, -0.25) is 0 Å². The van der Waals surface area contributed by atoms with Crippen molar-refractivity contribution < 1.29 is 0 Å². The summed E-state index contributed by atoms with van der Waals surface area (Å²) in [6, 6.07) is 9.03. The number of hydrogen-bond donors (Lipinski definition) is 1. The van der Waals surface area contributed by atoms with E-state index in [2.05, 4.69) is 77.2 Å². The van der Waals surface area contributed by atoms with Crippen LogP contribution in [0.25, 0.3) is 0 Å². The minimum atomic E-state index is 0.220. The van der Waals surface area contributed by atoms with E-state index in [0.717, 1.165) is 37.5 Å². The van der Waals surface area contributed by atoms with E-state index in [-0.39, 0.29) is 5.41 Å². The van der Waals surface area contributed by atoms with Crippen LogP contribution in [0.2, 0.25) is 0 Å². The fraction of sp³-hybridized carbons (Fsp3) is 0.308.